The van der Waals surface area contributed by atoms with Crippen molar-refractivity contribution < 1.29 is 13.6 Å². The smallest absolute Gasteiger partial charge is 0.238 e. The SMILES string of the molecule is O=C(NC1CC1)[C@@H](Sc1nnc(-c2ccc(F)cc2)n1-c1ccc(F)cc1)c1ccccc1. The number of carbonyl (C=O) groups excluding carboxylic acids is 1. The monoisotopic (exact) mass is 462 g/mol. The zero-order chi connectivity index (χ0) is 22.8. The van der Waals surface area contributed by atoms with E-state index in [2.05, 4.69) is 15.5 Å². The van der Waals surface area contributed by atoms with Crippen molar-refractivity contribution in [2.24, 2.45) is 0 Å². The molecular formula is C25H20F2N4OS. The standard InChI is InChI=1S/C25H20F2N4OS/c26-18-8-6-17(7-9-18)23-29-30-25(31(23)21-14-10-19(27)11-15-21)33-22(16-4-2-1-3-5-16)24(32)28-20-12-13-20/h1-11,14-15,20,22H,12-13H2,(H,28,32)/t22-/m0/s1. The van der Waals surface area contributed by atoms with Crippen LogP contribution in [0, 0.1) is 11.6 Å². The number of benzene rings is 3. The minimum atomic E-state index is -0.545. The van der Waals surface area contributed by atoms with Crippen molar-refractivity contribution in [2.75, 3.05) is 0 Å². The predicted octanol–water partition coefficient (Wildman–Crippen LogP) is 5.32. The Hall–Kier alpha value is -3.52. The van der Waals surface area contributed by atoms with Gasteiger partial charge in [-0.25, -0.2) is 8.78 Å². The molecule has 1 fully saturated rings. The van der Waals surface area contributed by atoms with Gasteiger partial charge in [0.15, 0.2) is 11.0 Å². The fourth-order valence-corrected chi connectivity index (χ4v) is 4.53. The van der Waals surface area contributed by atoms with Gasteiger partial charge in [-0.05, 0) is 66.9 Å². The number of nitrogens with zero attached hydrogens (tertiary/aromatic N) is 3. The van der Waals surface area contributed by atoms with Crippen molar-refractivity contribution in [3.05, 3.63) is 96.1 Å². The first-order chi connectivity index (χ1) is 16.1. The van der Waals surface area contributed by atoms with Gasteiger partial charge in [-0.2, -0.15) is 0 Å². The number of nitrogens with one attached hydrogen (secondary N) is 1. The van der Waals surface area contributed by atoms with E-state index in [1.54, 1.807) is 28.8 Å². The van der Waals surface area contributed by atoms with E-state index in [-0.39, 0.29) is 23.6 Å². The van der Waals surface area contributed by atoms with E-state index in [1.165, 1.54) is 36.0 Å². The molecule has 1 atom stereocenters. The largest absolute Gasteiger partial charge is 0.352 e. The summed E-state index contributed by atoms with van der Waals surface area (Å²) in [6.07, 6.45) is 1.97. The van der Waals surface area contributed by atoms with Crippen LogP contribution in [0.3, 0.4) is 0 Å². The van der Waals surface area contributed by atoms with E-state index in [9.17, 15) is 13.6 Å². The Labute approximate surface area is 193 Å². The molecule has 0 unspecified atom stereocenters. The Kier molecular flexibility index (Phi) is 5.92. The second-order valence-corrected chi connectivity index (χ2v) is 8.89. The van der Waals surface area contributed by atoms with Crippen LogP contribution in [0.25, 0.3) is 17.1 Å². The number of aromatic nitrogens is 3. The number of halogens is 2. The van der Waals surface area contributed by atoms with Crippen LogP contribution in [0.2, 0.25) is 0 Å². The molecule has 1 aliphatic carbocycles. The summed E-state index contributed by atoms with van der Waals surface area (Å²) in [4.78, 5) is 13.1. The van der Waals surface area contributed by atoms with Crippen LogP contribution in [-0.4, -0.2) is 26.7 Å². The first-order valence-corrected chi connectivity index (χ1v) is 11.5. The summed E-state index contributed by atoms with van der Waals surface area (Å²) in [6, 6.07) is 21.6. The van der Waals surface area contributed by atoms with Crippen LogP contribution in [0.4, 0.5) is 8.78 Å². The van der Waals surface area contributed by atoms with Crippen LogP contribution in [0.15, 0.2) is 84.0 Å². The second kappa shape index (κ2) is 9.15. The van der Waals surface area contributed by atoms with Crippen LogP contribution in [0.5, 0.6) is 0 Å². The molecule has 5 nitrogen and oxygen atoms in total. The van der Waals surface area contributed by atoms with E-state index in [0.29, 0.717) is 22.2 Å². The number of hydrogen-bond acceptors (Lipinski definition) is 4. The molecule has 1 amide bonds. The topological polar surface area (TPSA) is 59.8 Å². The van der Waals surface area contributed by atoms with Crippen molar-refractivity contribution in [1.82, 2.24) is 20.1 Å². The molecule has 0 saturated heterocycles. The first-order valence-electron chi connectivity index (χ1n) is 10.6. The molecule has 166 valence electrons. The summed E-state index contributed by atoms with van der Waals surface area (Å²) in [7, 11) is 0. The number of carbonyl (C=O) groups is 1. The van der Waals surface area contributed by atoms with Gasteiger partial charge in [0.2, 0.25) is 5.91 Å². The summed E-state index contributed by atoms with van der Waals surface area (Å²) in [5, 5.41) is 11.7. The molecule has 33 heavy (non-hydrogen) atoms. The number of thioether (sulfide) groups is 1. The quantitative estimate of drug-likeness (QED) is 0.378. The molecule has 1 N–H and O–H groups in total. The number of amides is 1. The van der Waals surface area contributed by atoms with Crippen molar-refractivity contribution in [2.45, 2.75) is 29.3 Å². The molecular weight excluding hydrogens is 442 g/mol. The lowest BCUT2D eigenvalue weighted by Gasteiger charge is -2.17. The van der Waals surface area contributed by atoms with Gasteiger partial charge in [0.25, 0.3) is 0 Å². The summed E-state index contributed by atoms with van der Waals surface area (Å²) in [6.45, 7) is 0. The molecule has 1 saturated carbocycles. The maximum Gasteiger partial charge on any atom is 0.238 e. The van der Waals surface area contributed by atoms with Gasteiger partial charge in [0.05, 0.1) is 0 Å². The van der Waals surface area contributed by atoms with Gasteiger partial charge in [0.1, 0.15) is 16.9 Å². The van der Waals surface area contributed by atoms with E-state index < -0.39 is 5.25 Å². The normalized spacial score (nSPS) is 14.1. The molecule has 0 aliphatic heterocycles. The van der Waals surface area contributed by atoms with Crippen LogP contribution < -0.4 is 5.32 Å². The molecule has 4 aromatic rings. The average molecular weight is 463 g/mol. The molecule has 0 bridgehead atoms. The van der Waals surface area contributed by atoms with Crippen molar-refractivity contribution in [3.8, 4) is 17.1 Å². The number of rotatable bonds is 7. The predicted molar refractivity (Wildman–Crippen MR) is 123 cm³/mol. The van der Waals surface area contributed by atoms with Crippen LogP contribution in [0.1, 0.15) is 23.7 Å². The van der Waals surface area contributed by atoms with Crippen molar-refractivity contribution >= 4 is 17.7 Å². The Morgan fingerprint density at radius 3 is 2.18 bits per heavy atom. The summed E-state index contributed by atoms with van der Waals surface area (Å²) in [5.74, 6) is -0.346. The third kappa shape index (κ3) is 4.80. The molecule has 3 aromatic carbocycles. The minimum Gasteiger partial charge on any atom is -0.352 e. The maximum absolute atomic E-state index is 13.6. The van der Waals surface area contributed by atoms with E-state index in [4.69, 9.17) is 0 Å². The summed E-state index contributed by atoms with van der Waals surface area (Å²) in [5.41, 5.74) is 2.13. The minimum absolute atomic E-state index is 0.0920. The zero-order valence-electron chi connectivity index (χ0n) is 17.5. The lowest BCUT2D eigenvalue weighted by molar-refractivity contribution is -0.120. The van der Waals surface area contributed by atoms with Gasteiger partial charge in [0, 0.05) is 17.3 Å². The molecule has 0 spiro atoms. The molecule has 1 aromatic heterocycles. The Balaban J connectivity index is 1.57. The lowest BCUT2D eigenvalue weighted by atomic mass is 10.1. The number of hydrogen-bond donors (Lipinski definition) is 1. The maximum atomic E-state index is 13.6. The Bertz CT molecular complexity index is 1260. The van der Waals surface area contributed by atoms with Crippen molar-refractivity contribution in [3.63, 3.8) is 0 Å². The van der Waals surface area contributed by atoms with E-state index in [0.717, 1.165) is 18.4 Å². The molecule has 8 heteroatoms. The average Bonchev–Trinajstić information content (AvgIpc) is 3.55. The molecule has 1 heterocycles. The fourth-order valence-electron chi connectivity index (χ4n) is 3.47. The second-order valence-electron chi connectivity index (χ2n) is 7.82. The van der Waals surface area contributed by atoms with E-state index >= 15 is 0 Å². The van der Waals surface area contributed by atoms with Gasteiger partial charge in [-0.1, -0.05) is 42.1 Å². The third-order valence-corrected chi connectivity index (χ3v) is 6.51. The van der Waals surface area contributed by atoms with Crippen molar-refractivity contribution in [1.29, 1.82) is 0 Å². The van der Waals surface area contributed by atoms with Gasteiger partial charge in [-0.3, -0.25) is 9.36 Å². The van der Waals surface area contributed by atoms with Gasteiger partial charge in [-0.15, -0.1) is 10.2 Å². The van der Waals surface area contributed by atoms with E-state index in [1.807, 2.05) is 30.3 Å². The summed E-state index contributed by atoms with van der Waals surface area (Å²) < 4.78 is 28.9. The highest BCUT2D eigenvalue weighted by Gasteiger charge is 2.31. The van der Waals surface area contributed by atoms with Gasteiger partial charge >= 0.3 is 0 Å². The lowest BCUT2D eigenvalue weighted by Crippen LogP contribution is -2.29. The highest BCUT2D eigenvalue weighted by molar-refractivity contribution is 8.00. The Morgan fingerprint density at radius 2 is 1.55 bits per heavy atom. The first kappa shape index (κ1) is 21.3. The zero-order valence-corrected chi connectivity index (χ0v) is 18.3. The fraction of sp³-hybridized carbons (Fsp3) is 0.160. The van der Waals surface area contributed by atoms with Gasteiger partial charge < -0.3 is 5.32 Å². The molecule has 5 rings (SSSR count). The van der Waals surface area contributed by atoms with Crippen LogP contribution >= 0.6 is 11.8 Å². The highest BCUT2D eigenvalue weighted by Crippen LogP contribution is 2.38. The Morgan fingerprint density at radius 1 is 0.909 bits per heavy atom. The van der Waals surface area contributed by atoms with Crippen LogP contribution in [-0.2, 0) is 4.79 Å². The molecule has 1 aliphatic rings. The summed E-state index contributed by atoms with van der Waals surface area (Å²) >= 11 is 1.27. The molecule has 0 radical (unpaired) electrons. The highest BCUT2D eigenvalue weighted by atomic mass is 32.2. The third-order valence-electron chi connectivity index (χ3n) is 5.31.